The number of ether oxygens (including phenoxy) is 1. The fourth-order valence-corrected chi connectivity index (χ4v) is 0.687. The highest BCUT2D eigenvalue weighted by molar-refractivity contribution is 5.57. The zero-order chi connectivity index (χ0) is 9.07. The highest BCUT2D eigenvalue weighted by atomic mass is 16.7. The standard InChI is InChI=1S/C8H14O3/c1-5-6(8(2,3)4)11-7(9)10/h5-6H,1H2,2-4H3,(H,9,10). The molecule has 0 bridgehead atoms. The maximum atomic E-state index is 10.1. The third-order valence-corrected chi connectivity index (χ3v) is 1.30. The van der Waals surface area contributed by atoms with Crippen molar-refractivity contribution in [3.05, 3.63) is 12.7 Å². The number of rotatable bonds is 2. The van der Waals surface area contributed by atoms with Gasteiger partial charge in [-0.3, -0.25) is 0 Å². The molecule has 64 valence electrons. The molecule has 0 spiro atoms. The summed E-state index contributed by atoms with van der Waals surface area (Å²) < 4.78 is 4.56. The van der Waals surface area contributed by atoms with Crippen molar-refractivity contribution in [1.29, 1.82) is 0 Å². The zero-order valence-corrected chi connectivity index (χ0v) is 7.13. The third kappa shape index (κ3) is 3.65. The molecule has 1 N–H and O–H groups in total. The first-order valence-corrected chi connectivity index (χ1v) is 3.40. The molecule has 0 aliphatic heterocycles. The van der Waals surface area contributed by atoms with Crippen LogP contribution in [0, 0.1) is 5.41 Å². The van der Waals surface area contributed by atoms with Crippen LogP contribution in [0.2, 0.25) is 0 Å². The Morgan fingerprint density at radius 1 is 1.64 bits per heavy atom. The first kappa shape index (κ1) is 10.0. The minimum absolute atomic E-state index is 0.222. The van der Waals surface area contributed by atoms with E-state index in [2.05, 4.69) is 11.3 Å². The van der Waals surface area contributed by atoms with E-state index >= 15 is 0 Å². The van der Waals surface area contributed by atoms with Crippen molar-refractivity contribution in [2.24, 2.45) is 5.41 Å². The van der Waals surface area contributed by atoms with Crippen LogP contribution in [0.15, 0.2) is 12.7 Å². The van der Waals surface area contributed by atoms with E-state index in [4.69, 9.17) is 5.11 Å². The number of carbonyl (C=O) groups is 1. The van der Waals surface area contributed by atoms with Gasteiger partial charge in [0.15, 0.2) is 0 Å². The summed E-state index contributed by atoms with van der Waals surface area (Å²) in [6.45, 7) is 9.17. The predicted molar refractivity (Wildman–Crippen MR) is 42.5 cm³/mol. The molecule has 0 aromatic rings. The third-order valence-electron chi connectivity index (χ3n) is 1.30. The highest BCUT2D eigenvalue weighted by Gasteiger charge is 2.24. The second kappa shape index (κ2) is 3.42. The summed E-state index contributed by atoms with van der Waals surface area (Å²) in [6, 6.07) is 0. The minimum Gasteiger partial charge on any atom is -0.450 e. The molecule has 0 aliphatic rings. The minimum atomic E-state index is -1.26. The average Bonchev–Trinajstić information content (AvgIpc) is 1.79. The number of hydrogen-bond donors (Lipinski definition) is 1. The van der Waals surface area contributed by atoms with Crippen LogP contribution in [0.1, 0.15) is 20.8 Å². The second-order valence-electron chi connectivity index (χ2n) is 3.41. The van der Waals surface area contributed by atoms with Gasteiger partial charge in [-0.05, 0) is 0 Å². The fraction of sp³-hybridized carbons (Fsp3) is 0.625. The van der Waals surface area contributed by atoms with Crippen molar-refractivity contribution in [2.75, 3.05) is 0 Å². The maximum absolute atomic E-state index is 10.1. The molecule has 0 aromatic heterocycles. The smallest absolute Gasteiger partial charge is 0.450 e. The molecule has 0 saturated heterocycles. The Bertz CT molecular complexity index is 155. The summed E-state index contributed by atoms with van der Waals surface area (Å²) in [5.41, 5.74) is -0.222. The van der Waals surface area contributed by atoms with Crippen molar-refractivity contribution in [2.45, 2.75) is 26.9 Å². The van der Waals surface area contributed by atoms with E-state index < -0.39 is 12.3 Å². The average molecular weight is 158 g/mol. The fourth-order valence-electron chi connectivity index (χ4n) is 0.687. The molecule has 0 rings (SSSR count). The van der Waals surface area contributed by atoms with E-state index in [0.717, 1.165) is 0 Å². The molecule has 0 amide bonds. The number of carboxylic acid groups (broad SMARTS) is 1. The molecule has 0 heterocycles. The van der Waals surface area contributed by atoms with Gasteiger partial charge >= 0.3 is 6.16 Å². The van der Waals surface area contributed by atoms with Gasteiger partial charge in [0.25, 0.3) is 0 Å². The van der Waals surface area contributed by atoms with Gasteiger partial charge < -0.3 is 9.84 Å². The van der Waals surface area contributed by atoms with Crippen molar-refractivity contribution in [3.63, 3.8) is 0 Å². The van der Waals surface area contributed by atoms with Crippen LogP contribution < -0.4 is 0 Å². The molecule has 0 radical (unpaired) electrons. The molecule has 3 heteroatoms. The lowest BCUT2D eigenvalue weighted by atomic mass is 9.89. The topological polar surface area (TPSA) is 46.5 Å². The SMILES string of the molecule is C=CC(OC(=O)O)C(C)(C)C. The maximum Gasteiger partial charge on any atom is 0.506 e. The van der Waals surface area contributed by atoms with Gasteiger partial charge in [0.2, 0.25) is 0 Å². The van der Waals surface area contributed by atoms with E-state index in [-0.39, 0.29) is 5.41 Å². The van der Waals surface area contributed by atoms with Crippen LogP contribution in [-0.2, 0) is 4.74 Å². The van der Waals surface area contributed by atoms with Gasteiger partial charge in [0.1, 0.15) is 6.10 Å². The van der Waals surface area contributed by atoms with Crippen LogP contribution in [0.4, 0.5) is 4.79 Å². The molecule has 0 saturated carbocycles. The summed E-state index contributed by atoms with van der Waals surface area (Å²) in [6.07, 6.45) is -0.210. The Hall–Kier alpha value is -0.990. The van der Waals surface area contributed by atoms with E-state index in [1.807, 2.05) is 20.8 Å². The van der Waals surface area contributed by atoms with E-state index in [1.165, 1.54) is 6.08 Å². The first-order valence-electron chi connectivity index (χ1n) is 3.40. The largest absolute Gasteiger partial charge is 0.506 e. The Labute approximate surface area is 66.7 Å². The van der Waals surface area contributed by atoms with Gasteiger partial charge in [0, 0.05) is 5.41 Å². The van der Waals surface area contributed by atoms with Gasteiger partial charge in [0.05, 0.1) is 0 Å². The van der Waals surface area contributed by atoms with Crippen LogP contribution >= 0.6 is 0 Å². The van der Waals surface area contributed by atoms with E-state index in [0.29, 0.717) is 0 Å². The quantitative estimate of drug-likeness (QED) is 0.495. The van der Waals surface area contributed by atoms with Crippen LogP contribution in [0.3, 0.4) is 0 Å². The second-order valence-corrected chi connectivity index (χ2v) is 3.41. The Kier molecular flexibility index (Phi) is 3.11. The number of hydrogen-bond acceptors (Lipinski definition) is 2. The van der Waals surface area contributed by atoms with Crippen LogP contribution in [-0.4, -0.2) is 17.4 Å². The molecule has 1 atom stereocenters. The Morgan fingerprint density at radius 2 is 2.09 bits per heavy atom. The predicted octanol–water partition coefficient (Wildman–Crippen LogP) is 2.28. The zero-order valence-electron chi connectivity index (χ0n) is 7.13. The van der Waals surface area contributed by atoms with Crippen molar-refractivity contribution in [3.8, 4) is 0 Å². The van der Waals surface area contributed by atoms with Crippen molar-refractivity contribution >= 4 is 6.16 Å². The normalized spacial score (nSPS) is 13.7. The molecular weight excluding hydrogens is 144 g/mol. The molecule has 3 nitrogen and oxygen atoms in total. The molecule has 11 heavy (non-hydrogen) atoms. The van der Waals surface area contributed by atoms with Gasteiger partial charge in [-0.2, -0.15) is 0 Å². The lowest BCUT2D eigenvalue weighted by Crippen LogP contribution is -2.28. The Morgan fingerprint density at radius 3 is 2.18 bits per heavy atom. The monoisotopic (exact) mass is 158 g/mol. The summed E-state index contributed by atoms with van der Waals surface area (Å²) in [4.78, 5) is 10.1. The van der Waals surface area contributed by atoms with Gasteiger partial charge in [-0.25, -0.2) is 4.79 Å². The molecule has 0 aromatic carbocycles. The van der Waals surface area contributed by atoms with Gasteiger partial charge in [-0.15, -0.1) is 0 Å². The highest BCUT2D eigenvalue weighted by Crippen LogP contribution is 2.22. The van der Waals surface area contributed by atoms with Crippen molar-refractivity contribution < 1.29 is 14.6 Å². The van der Waals surface area contributed by atoms with Crippen LogP contribution in [0.5, 0.6) is 0 Å². The Balaban J connectivity index is 4.18. The summed E-state index contributed by atoms with van der Waals surface area (Å²) in [5, 5.41) is 8.31. The lowest BCUT2D eigenvalue weighted by Gasteiger charge is -2.25. The van der Waals surface area contributed by atoms with Crippen molar-refractivity contribution in [1.82, 2.24) is 0 Å². The van der Waals surface area contributed by atoms with Crippen LogP contribution in [0.25, 0.3) is 0 Å². The lowest BCUT2D eigenvalue weighted by molar-refractivity contribution is 0.0260. The van der Waals surface area contributed by atoms with E-state index in [9.17, 15) is 4.79 Å². The summed E-state index contributed by atoms with van der Waals surface area (Å²) in [5.74, 6) is 0. The first-order chi connectivity index (χ1) is 4.88. The van der Waals surface area contributed by atoms with Gasteiger partial charge in [-0.1, -0.05) is 33.4 Å². The molecular formula is C8H14O3. The molecule has 0 fully saturated rings. The molecule has 0 aliphatic carbocycles. The van der Waals surface area contributed by atoms with E-state index in [1.54, 1.807) is 0 Å². The summed E-state index contributed by atoms with van der Waals surface area (Å²) in [7, 11) is 0. The summed E-state index contributed by atoms with van der Waals surface area (Å²) >= 11 is 0. The molecule has 1 unspecified atom stereocenters.